The van der Waals surface area contributed by atoms with Crippen molar-refractivity contribution in [3.8, 4) is 0 Å². The van der Waals surface area contributed by atoms with Crippen LogP contribution in [0.1, 0.15) is 76.3 Å². The number of unbranched alkanes of at least 4 members (excludes halogenated alkanes) is 2. The van der Waals surface area contributed by atoms with Crippen LogP contribution in [0.4, 0.5) is 0 Å². The molecule has 0 radical (unpaired) electrons. The van der Waals surface area contributed by atoms with Crippen LogP contribution in [-0.2, 0) is 41.3 Å². The highest BCUT2D eigenvalue weighted by Crippen LogP contribution is 2.39. The molecule has 2 aromatic carbocycles. The van der Waals surface area contributed by atoms with Gasteiger partial charge in [-0.15, -0.1) is 0 Å². The third-order valence-corrected chi connectivity index (χ3v) is 11.6. The van der Waals surface area contributed by atoms with E-state index in [1.807, 2.05) is 56.3 Å². The van der Waals surface area contributed by atoms with Crippen LogP contribution >= 0.6 is 7.60 Å². The first-order chi connectivity index (χ1) is 25.0. The monoisotopic (exact) mass is 736 g/mol. The molecule has 1 aromatic heterocycles. The number of amides is 4. The average molecular weight is 737 g/mol. The Morgan fingerprint density at radius 1 is 0.904 bits per heavy atom. The van der Waals surface area contributed by atoms with Gasteiger partial charge in [0.15, 0.2) is 0 Å². The molecule has 3 heterocycles. The maximum absolute atomic E-state index is 14.1. The molecule has 0 saturated carbocycles. The molecule has 0 spiro atoms. The smallest absolute Gasteiger partial charge is 0.246 e. The standard InChI is InChI=1S/C38H52N5O8P/c1-4-26(2)34-38(47)42-21-13-12-20-33(42)37(46)39-30(18-9-6-14-22-52(48,49)51-25-27-15-7-5-8-16-27)35(44)40-31(36(45)41-34)23-28-24-43(50-3)32-19-11-10-17-29(28)32/h5,7-8,10-11,15-17,19,24,26,30-31,33-34H,4,6,9,12-14,18,20-23,25H2,1-3H3,(H,39,46)(H,40,44)(H,41,45)(H,48,49)/p-1/t26?,30-,31-,33+,34-/m0/s1. The number of hydrogen-bond donors (Lipinski definition) is 3. The van der Waals surface area contributed by atoms with E-state index in [2.05, 4.69) is 16.0 Å². The summed E-state index contributed by atoms with van der Waals surface area (Å²) in [6.07, 6.45) is 5.67. The Kier molecular flexibility index (Phi) is 13.5. The summed E-state index contributed by atoms with van der Waals surface area (Å²) in [7, 11) is -2.54. The second-order valence-corrected chi connectivity index (χ2v) is 15.8. The largest absolute Gasteiger partial charge is 0.778 e. The number of carbonyl (C=O) groups excluding carboxylic acids is 4. The van der Waals surface area contributed by atoms with Crippen LogP contribution in [0.25, 0.3) is 10.9 Å². The van der Waals surface area contributed by atoms with Crippen molar-refractivity contribution in [2.45, 2.75) is 102 Å². The van der Waals surface area contributed by atoms with Crippen molar-refractivity contribution in [2.75, 3.05) is 19.8 Å². The first-order valence-corrected chi connectivity index (χ1v) is 20.1. The van der Waals surface area contributed by atoms with Crippen LogP contribution in [0.3, 0.4) is 0 Å². The number of carbonyl (C=O) groups is 4. The number of nitrogens with one attached hydrogen (secondary N) is 3. The lowest BCUT2D eigenvalue weighted by Gasteiger charge is -2.39. The van der Waals surface area contributed by atoms with Crippen LogP contribution in [-0.4, -0.2) is 77.2 Å². The summed E-state index contributed by atoms with van der Waals surface area (Å²) in [5.74, 6) is -1.97. The highest BCUT2D eigenvalue weighted by atomic mass is 31.2. The van der Waals surface area contributed by atoms with E-state index in [1.165, 1.54) is 7.11 Å². The lowest BCUT2D eigenvalue weighted by atomic mass is 9.93. The highest BCUT2D eigenvalue weighted by molar-refractivity contribution is 7.51. The van der Waals surface area contributed by atoms with E-state index in [0.29, 0.717) is 38.6 Å². The number of piperidine rings is 1. The second-order valence-electron chi connectivity index (χ2n) is 13.9. The third-order valence-electron chi connectivity index (χ3n) is 10.2. The highest BCUT2D eigenvalue weighted by Gasteiger charge is 2.41. The van der Waals surface area contributed by atoms with Gasteiger partial charge in [-0.1, -0.05) is 81.6 Å². The number of aromatic nitrogens is 1. The molecule has 2 aliphatic heterocycles. The molecule has 14 heteroatoms. The van der Waals surface area contributed by atoms with E-state index in [0.717, 1.165) is 34.9 Å². The fraction of sp³-hybridized carbons (Fsp3) is 0.526. The van der Waals surface area contributed by atoms with Gasteiger partial charge in [0.05, 0.1) is 12.1 Å². The van der Waals surface area contributed by atoms with E-state index in [1.54, 1.807) is 28.0 Å². The molecule has 5 rings (SSSR count). The van der Waals surface area contributed by atoms with Gasteiger partial charge in [0.25, 0.3) is 0 Å². The molecule has 2 fully saturated rings. The zero-order valence-corrected chi connectivity index (χ0v) is 31.1. The van der Waals surface area contributed by atoms with Crippen molar-refractivity contribution in [3.05, 3.63) is 71.9 Å². The predicted molar refractivity (Wildman–Crippen MR) is 195 cm³/mol. The summed E-state index contributed by atoms with van der Waals surface area (Å²) in [5.41, 5.74) is 2.31. The van der Waals surface area contributed by atoms with Gasteiger partial charge < -0.3 is 39.7 Å². The first kappa shape index (κ1) is 39.0. The van der Waals surface area contributed by atoms with Crippen molar-refractivity contribution in [1.82, 2.24) is 25.6 Å². The molecule has 282 valence electrons. The zero-order chi connectivity index (χ0) is 37.3. The Morgan fingerprint density at radius 2 is 1.62 bits per heavy atom. The van der Waals surface area contributed by atoms with Crippen molar-refractivity contribution in [3.63, 3.8) is 0 Å². The van der Waals surface area contributed by atoms with Crippen molar-refractivity contribution in [2.24, 2.45) is 5.92 Å². The van der Waals surface area contributed by atoms with Gasteiger partial charge in [0.2, 0.25) is 23.6 Å². The number of benzene rings is 2. The molecule has 0 bridgehead atoms. The molecule has 2 unspecified atom stereocenters. The third kappa shape index (κ3) is 9.81. The molecule has 3 N–H and O–H groups in total. The summed E-state index contributed by atoms with van der Waals surface area (Å²) in [6.45, 7) is 4.18. The number of rotatable bonds is 14. The fourth-order valence-corrected chi connectivity index (χ4v) is 8.08. The van der Waals surface area contributed by atoms with Gasteiger partial charge in [0.1, 0.15) is 38.9 Å². The fourth-order valence-electron chi connectivity index (χ4n) is 7.00. The van der Waals surface area contributed by atoms with Gasteiger partial charge in [0, 0.05) is 30.7 Å². The van der Waals surface area contributed by atoms with E-state index < -0.39 is 49.5 Å². The Morgan fingerprint density at radius 3 is 2.37 bits per heavy atom. The minimum atomic E-state index is -4.08. The Bertz CT molecular complexity index is 1750. The number of fused-ring (bicyclic) bond motifs is 2. The van der Waals surface area contributed by atoms with Gasteiger partial charge in [-0.3, -0.25) is 19.2 Å². The first-order valence-electron chi connectivity index (χ1n) is 18.3. The lowest BCUT2D eigenvalue weighted by Crippen LogP contribution is -2.64. The molecule has 13 nitrogen and oxygen atoms in total. The van der Waals surface area contributed by atoms with Crippen molar-refractivity contribution < 1.29 is 38.0 Å². The average Bonchev–Trinajstić information content (AvgIpc) is 3.51. The Balaban J connectivity index is 1.35. The summed E-state index contributed by atoms with van der Waals surface area (Å²) in [4.78, 5) is 75.8. The minimum absolute atomic E-state index is 0.0323. The van der Waals surface area contributed by atoms with Crippen molar-refractivity contribution >= 4 is 42.1 Å². The summed E-state index contributed by atoms with van der Waals surface area (Å²) < 4.78 is 19.4. The Hall–Kier alpha value is -4.19. The number of para-hydroxylation sites is 1. The molecule has 0 aliphatic carbocycles. The lowest BCUT2D eigenvalue weighted by molar-refractivity contribution is -0.199. The van der Waals surface area contributed by atoms with E-state index >= 15 is 0 Å². The van der Waals surface area contributed by atoms with E-state index in [-0.39, 0.29) is 37.4 Å². The minimum Gasteiger partial charge on any atom is -0.778 e. The van der Waals surface area contributed by atoms with Crippen LogP contribution in [0, 0.1) is 5.92 Å². The van der Waals surface area contributed by atoms with Crippen LogP contribution in [0.5, 0.6) is 0 Å². The topological polar surface area (TPSA) is 171 Å². The number of nitrogens with zero attached hydrogens (tertiary/aromatic N) is 2. The van der Waals surface area contributed by atoms with Gasteiger partial charge >= 0.3 is 0 Å². The molecular formula is C38H51N5O8P-. The van der Waals surface area contributed by atoms with Crippen LogP contribution < -0.4 is 25.7 Å². The molecule has 6 atom stereocenters. The molecule has 2 saturated heterocycles. The normalized spacial score (nSPS) is 23.3. The number of hydrogen-bond acceptors (Lipinski definition) is 8. The molecule has 3 aromatic rings. The second kappa shape index (κ2) is 18.0. The zero-order valence-electron chi connectivity index (χ0n) is 30.3. The summed E-state index contributed by atoms with van der Waals surface area (Å²) in [5, 5.41) is 9.62. The maximum Gasteiger partial charge on any atom is 0.246 e. The quantitative estimate of drug-likeness (QED) is 0.167. The molecule has 4 amide bonds. The van der Waals surface area contributed by atoms with Crippen molar-refractivity contribution in [1.29, 1.82) is 0 Å². The van der Waals surface area contributed by atoms with E-state index in [9.17, 15) is 28.6 Å². The summed E-state index contributed by atoms with van der Waals surface area (Å²) in [6, 6.07) is 12.9. The SMILES string of the molecule is CCC(C)[C@@H]1NC(=O)[C@H](Cc2cn(OC)c3ccccc23)NC(=O)[C@H](CCCCCP(=O)([O-])OCc2ccccc2)NC(=O)[C@H]2CCCCN2C1=O. The maximum atomic E-state index is 14.1. The Labute approximate surface area is 305 Å². The van der Waals surface area contributed by atoms with Gasteiger partial charge in [-0.2, -0.15) is 4.73 Å². The molecular weight excluding hydrogens is 685 g/mol. The van der Waals surface area contributed by atoms with E-state index in [4.69, 9.17) is 9.36 Å². The van der Waals surface area contributed by atoms with Gasteiger partial charge in [-0.25, -0.2) is 0 Å². The van der Waals surface area contributed by atoms with Crippen LogP contribution in [0.15, 0.2) is 60.8 Å². The summed E-state index contributed by atoms with van der Waals surface area (Å²) >= 11 is 0. The van der Waals surface area contributed by atoms with Gasteiger partial charge in [-0.05, 0) is 55.2 Å². The van der Waals surface area contributed by atoms with Crippen LogP contribution in [0.2, 0.25) is 0 Å². The molecule has 2 aliphatic rings. The predicted octanol–water partition coefficient (Wildman–Crippen LogP) is 3.47. The molecule has 52 heavy (non-hydrogen) atoms.